The average Bonchev–Trinajstić information content (AvgIpc) is 2.60. The first-order chi connectivity index (χ1) is 12.1. The maximum Gasteiger partial charge on any atom is 0.260 e. The van der Waals surface area contributed by atoms with E-state index in [4.69, 9.17) is 25.3 Å². The second-order valence-corrected chi connectivity index (χ2v) is 5.67. The predicted octanol–water partition coefficient (Wildman–Crippen LogP) is 2.75. The molecule has 0 aromatic heterocycles. The van der Waals surface area contributed by atoms with E-state index in [1.165, 1.54) is 11.0 Å². The fourth-order valence-corrected chi connectivity index (χ4v) is 2.55. The van der Waals surface area contributed by atoms with Gasteiger partial charge in [0.05, 0.1) is 47.7 Å². The van der Waals surface area contributed by atoms with E-state index in [0.29, 0.717) is 28.1 Å². The molecule has 0 radical (unpaired) electrons. The number of hydrogen-bond donors (Lipinski definition) is 0. The molecule has 0 aliphatic heterocycles. The highest BCUT2D eigenvalue weighted by Crippen LogP contribution is 2.36. The Bertz CT molecular complexity index is 713. The van der Waals surface area contributed by atoms with E-state index in [9.17, 15) is 4.79 Å². The zero-order valence-electron chi connectivity index (χ0n) is 13.8. The second-order valence-electron chi connectivity index (χ2n) is 4.82. The van der Waals surface area contributed by atoms with E-state index in [1.54, 1.807) is 13.0 Å². The Morgan fingerprint density at radius 3 is 2.32 bits per heavy atom. The van der Waals surface area contributed by atoms with Gasteiger partial charge in [0, 0.05) is 19.2 Å². The van der Waals surface area contributed by atoms with E-state index >= 15 is 0 Å². The minimum Gasteiger partial charge on any atom is -0.490 e. The lowest BCUT2D eigenvalue weighted by molar-refractivity contribution is -0.133. The molecule has 0 spiro atoms. The molecule has 130 valence electrons. The quantitative estimate of drug-likeness (QED) is 0.625. The summed E-state index contributed by atoms with van der Waals surface area (Å²) >= 11 is 3.31. The molecule has 1 rings (SSSR count). The van der Waals surface area contributed by atoms with Crippen LogP contribution in [-0.4, -0.2) is 37.1 Å². The van der Waals surface area contributed by atoms with Crippen molar-refractivity contribution < 1.29 is 14.3 Å². The molecule has 0 heterocycles. The minimum atomic E-state index is -0.329. The summed E-state index contributed by atoms with van der Waals surface area (Å²) in [5.74, 6) is 0.362. The third-order valence-electron chi connectivity index (χ3n) is 3.12. The number of amides is 1. The van der Waals surface area contributed by atoms with Crippen molar-refractivity contribution in [1.82, 2.24) is 4.90 Å². The van der Waals surface area contributed by atoms with E-state index in [0.717, 1.165) is 0 Å². The summed E-state index contributed by atoms with van der Waals surface area (Å²) in [7, 11) is 0. The van der Waals surface area contributed by atoms with Crippen molar-refractivity contribution in [2.24, 2.45) is 0 Å². The van der Waals surface area contributed by atoms with Crippen LogP contribution in [0.1, 0.15) is 25.3 Å². The van der Waals surface area contributed by atoms with Gasteiger partial charge in [0.25, 0.3) is 5.91 Å². The fourth-order valence-electron chi connectivity index (χ4n) is 1.99. The SMILES string of the molecule is CCOc1cc(C#N)cc(Br)c1OCC(=O)N(CCC#N)CCC#N. The molecule has 0 N–H and O–H groups in total. The maximum absolute atomic E-state index is 12.3. The number of nitriles is 3. The predicted molar refractivity (Wildman–Crippen MR) is 92.6 cm³/mol. The number of nitrogens with zero attached hydrogens (tertiary/aromatic N) is 4. The van der Waals surface area contributed by atoms with Crippen molar-refractivity contribution in [3.63, 3.8) is 0 Å². The lowest BCUT2D eigenvalue weighted by Crippen LogP contribution is -2.36. The normalized spacial score (nSPS) is 9.40. The molecular weight excluding hydrogens is 388 g/mol. The molecule has 0 fully saturated rings. The first-order valence-corrected chi connectivity index (χ1v) is 8.37. The molecule has 0 bridgehead atoms. The second kappa shape index (κ2) is 10.9. The molecule has 0 saturated carbocycles. The maximum atomic E-state index is 12.3. The molecule has 1 aromatic rings. The van der Waals surface area contributed by atoms with Gasteiger partial charge in [-0.25, -0.2) is 0 Å². The Morgan fingerprint density at radius 1 is 1.16 bits per heavy atom. The highest BCUT2D eigenvalue weighted by molar-refractivity contribution is 9.10. The van der Waals surface area contributed by atoms with Gasteiger partial charge in [0.2, 0.25) is 0 Å². The van der Waals surface area contributed by atoms with Gasteiger partial charge in [-0.05, 0) is 28.9 Å². The number of ether oxygens (including phenoxy) is 2. The van der Waals surface area contributed by atoms with Gasteiger partial charge in [-0.3, -0.25) is 4.79 Å². The van der Waals surface area contributed by atoms with Crippen molar-refractivity contribution in [2.45, 2.75) is 19.8 Å². The lowest BCUT2D eigenvalue weighted by atomic mass is 10.2. The summed E-state index contributed by atoms with van der Waals surface area (Å²) in [6.07, 6.45) is 0.365. The van der Waals surface area contributed by atoms with Crippen molar-refractivity contribution in [2.75, 3.05) is 26.3 Å². The van der Waals surface area contributed by atoms with Crippen molar-refractivity contribution in [3.05, 3.63) is 22.2 Å². The molecule has 0 aliphatic rings. The third-order valence-corrected chi connectivity index (χ3v) is 3.71. The van der Waals surface area contributed by atoms with Crippen molar-refractivity contribution >= 4 is 21.8 Å². The summed E-state index contributed by atoms with van der Waals surface area (Å²) in [6.45, 7) is 2.40. The average molecular weight is 405 g/mol. The van der Waals surface area contributed by atoms with E-state index < -0.39 is 0 Å². The van der Waals surface area contributed by atoms with Gasteiger partial charge in [0.15, 0.2) is 18.1 Å². The summed E-state index contributed by atoms with van der Waals surface area (Å²) in [5, 5.41) is 26.4. The number of rotatable bonds is 9. The molecule has 1 aromatic carbocycles. The Hall–Kier alpha value is -2.76. The molecule has 0 atom stereocenters. The number of carbonyl (C=O) groups is 1. The van der Waals surface area contributed by atoms with E-state index in [1.807, 2.05) is 18.2 Å². The summed E-state index contributed by atoms with van der Waals surface area (Å²) in [5.41, 5.74) is 0.402. The van der Waals surface area contributed by atoms with Gasteiger partial charge in [-0.2, -0.15) is 15.8 Å². The largest absolute Gasteiger partial charge is 0.490 e. The smallest absolute Gasteiger partial charge is 0.260 e. The first-order valence-electron chi connectivity index (χ1n) is 7.58. The van der Waals surface area contributed by atoms with Crippen LogP contribution in [0.5, 0.6) is 11.5 Å². The van der Waals surface area contributed by atoms with Gasteiger partial charge < -0.3 is 14.4 Å². The monoisotopic (exact) mass is 404 g/mol. The number of benzene rings is 1. The zero-order chi connectivity index (χ0) is 18.7. The number of carbonyl (C=O) groups excluding carboxylic acids is 1. The van der Waals surface area contributed by atoms with E-state index in [-0.39, 0.29) is 38.4 Å². The van der Waals surface area contributed by atoms with Gasteiger partial charge in [-0.15, -0.1) is 0 Å². The Kier molecular flexibility index (Phi) is 8.85. The topological polar surface area (TPSA) is 110 Å². The Morgan fingerprint density at radius 2 is 1.80 bits per heavy atom. The van der Waals surface area contributed by atoms with Crippen LogP contribution in [0.3, 0.4) is 0 Å². The molecule has 8 heteroatoms. The Balaban J connectivity index is 2.87. The van der Waals surface area contributed by atoms with Gasteiger partial charge in [-0.1, -0.05) is 0 Å². The third kappa shape index (κ3) is 6.33. The fraction of sp³-hybridized carbons (Fsp3) is 0.412. The first kappa shape index (κ1) is 20.3. The van der Waals surface area contributed by atoms with Crippen molar-refractivity contribution in [3.8, 4) is 29.7 Å². The molecule has 1 amide bonds. The van der Waals surface area contributed by atoms with Crippen LogP contribution in [0.2, 0.25) is 0 Å². The highest BCUT2D eigenvalue weighted by Gasteiger charge is 2.17. The Labute approximate surface area is 155 Å². The van der Waals surface area contributed by atoms with Crippen LogP contribution < -0.4 is 9.47 Å². The summed E-state index contributed by atoms with van der Waals surface area (Å²) in [6, 6.07) is 9.09. The standard InChI is InChI=1S/C17H17BrN4O3/c1-2-24-15-10-13(11-21)9-14(18)17(15)25-12-16(23)22(7-3-5-19)8-4-6-20/h9-10H,2-4,7-8,12H2,1H3. The molecule has 7 nitrogen and oxygen atoms in total. The van der Waals surface area contributed by atoms with Crippen LogP contribution in [0.15, 0.2) is 16.6 Å². The van der Waals surface area contributed by atoms with Crippen LogP contribution in [-0.2, 0) is 4.79 Å². The van der Waals surface area contributed by atoms with Crippen LogP contribution >= 0.6 is 15.9 Å². The number of hydrogen-bond acceptors (Lipinski definition) is 6. The highest BCUT2D eigenvalue weighted by atomic mass is 79.9. The van der Waals surface area contributed by atoms with Crippen LogP contribution in [0, 0.1) is 34.0 Å². The van der Waals surface area contributed by atoms with Gasteiger partial charge in [0.1, 0.15) is 0 Å². The molecular formula is C17H17BrN4O3. The van der Waals surface area contributed by atoms with Gasteiger partial charge >= 0.3 is 0 Å². The summed E-state index contributed by atoms with van der Waals surface area (Å²) < 4.78 is 11.6. The minimum absolute atomic E-state index is 0.182. The summed E-state index contributed by atoms with van der Waals surface area (Å²) in [4.78, 5) is 13.7. The molecule has 25 heavy (non-hydrogen) atoms. The number of halogens is 1. The zero-order valence-corrected chi connectivity index (χ0v) is 15.4. The molecule has 0 aliphatic carbocycles. The molecule has 0 unspecified atom stereocenters. The van der Waals surface area contributed by atoms with E-state index in [2.05, 4.69) is 15.9 Å². The van der Waals surface area contributed by atoms with Crippen LogP contribution in [0.4, 0.5) is 0 Å². The van der Waals surface area contributed by atoms with Crippen molar-refractivity contribution in [1.29, 1.82) is 15.8 Å². The van der Waals surface area contributed by atoms with Crippen LogP contribution in [0.25, 0.3) is 0 Å². The lowest BCUT2D eigenvalue weighted by Gasteiger charge is -2.21. The molecule has 0 saturated heterocycles.